The Morgan fingerprint density at radius 2 is 1.75 bits per heavy atom. The topological polar surface area (TPSA) is 108 Å². The number of piperidine rings is 1. The van der Waals surface area contributed by atoms with E-state index in [0.29, 0.717) is 31.3 Å². The van der Waals surface area contributed by atoms with Gasteiger partial charge in [0.25, 0.3) is 0 Å². The quantitative estimate of drug-likeness (QED) is 0.376. The summed E-state index contributed by atoms with van der Waals surface area (Å²) < 4.78 is 6.04. The molecule has 4 rings (SSSR count). The van der Waals surface area contributed by atoms with Crippen LogP contribution in [0.2, 0.25) is 0 Å². The second-order valence-corrected chi connectivity index (χ2v) is 8.68. The number of para-hydroxylation sites is 2. The van der Waals surface area contributed by atoms with E-state index in [2.05, 4.69) is 30.8 Å². The van der Waals surface area contributed by atoms with Gasteiger partial charge in [0.05, 0.1) is 6.54 Å². The SMILES string of the molecule is CC(=O)NCCNc1ccccc1-c1nccc(NC(=O)CN2CCC(Oc3ccccc3)CC2)n1. The number of benzene rings is 2. The van der Waals surface area contributed by atoms with Gasteiger partial charge in [-0.25, -0.2) is 9.97 Å². The largest absolute Gasteiger partial charge is 0.490 e. The second kappa shape index (κ2) is 12.6. The Labute approximate surface area is 211 Å². The first-order chi connectivity index (χ1) is 17.6. The smallest absolute Gasteiger partial charge is 0.239 e. The van der Waals surface area contributed by atoms with Crippen molar-refractivity contribution in [3.8, 4) is 17.1 Å². The van der Waals surface area contributed by atoms with Crippen LogP contribution in [0.25, 0.3) is 11.4 Å². The van der Waals surface area contributed by atoms with Crippen LogP contribution in [0.15, 0.2) is 66.9 Å². The van der Waals surface area contributed by atoms with Crippen molar-refractivity contribution in [1.82, 2.24) is 20.2 Å². The van der Waals surface area contributed by atoms with Crippen molar-refractivity contribution >= 4 is 23.3 Å². The predicted octanol–water partition coefficient (Wildman–Crippen LogP) is 3.17. The van der Waals surface area contributed by atoms with Gasteiger partial charge in [-0.2, -0.15) is 0 Å². The number of anilines is 2. The van der Waals surface area contributed by atoms with Crippen molar-refractivity contribution < 1.29 is 14.3 Å². The number of hydrogen-bond acceptors (Lipinski definition) is 7. The number of rotatable bonds is 10. The molecule has 2 amide bonds. The minimum absolute atomic E-state index is 0.0678. The van der Waals surface area contributed by atoms with E-state index in [1.807, 2.05) is 54.6 Å². The lowest BCUT2D eigenvalue weighted by molar-refractivity contribution is -0.119. The van der Waals surface area contributed by atoms with Crippen molar-refractivity contribution in [2.75, 3.05) is 43.4 Å². The standard InChI is InChI=1S/C27H32N6O3/c1-20(34)28-15-16-29-24-10-6-5-9-23(24)27-30-14-11-25(32-27)31-26(35)19-33-17-12-22(13-18-33)36-21-7-3-2-4-8-21/h2-11,14,22,29H,12-13,15-19H2,1H3,(H,28,34)(H,30,31,32,35). The number of nitrogens with zero attached hydrogens (tertiary/aromatic N) is 3. The molecule has 1 fully saturated rings. The molecule has 1 saturated heterocycles. The molecule has 0 unspecified atom stereocenters. The molecule has 1 aromatic heterocycles. The summed E-state index contributed by atoms with van der Waals surface area (Å²) >= 11 is 0. The van der Waals surface area contributed by atoms with E-state index >= 15 is 0 Å². The summed E-state index contributed by atoms with van der Waals surface area (Å²) in [4.78, 5) is 34.9. The Kier molecular flexibility index (Phi) is 8.82. The van der Waals surface area contributed by atoms with Crippen molar-refractivity contribution in [2.45, 2.75) is 25.9 Å². The summed E-state index contributed by atoms with van der Waals surface area (Å²) in [7, 11) is 0. The predicted molar refractivity (Wildman–Crippen MR) is 140 cm³/mol. The van der Waals surface area contributed by atoms with Crippen LogP contribution in [0.5, 0.6) is 5.75 Å². The lowest BCUT2D eigenvalue weighted by atomic mass is 10.1. The highest BCUT2D eigenvalue weighted by Crippen LogP contribution is 2.25. The molecule has 0 bridgehead atoms. The molecule has 1 aliphatic rings. The molecule has 3 N–H and O–H groups in total. The molecule has 9 nitrogen and oxygen atoms in total. The van der Waals surface area contributed by atoms with Gasteiger partial charge in [-0.15, -0.1) is 0 Å². The van der Waals surface area contributed by atoms with Gasteiger partial charge in [0.2, 0.25) is 11.8 Å². The van der Waals surface area contributed by atoms with Crippen molar-refractivity contribution in [3.63, 3.8) is 0 Å². The van der Waals surface area contributed by atoms with Crippen molar-refractivity contribution in [3.05, 3.63) is 66.9 Å². The van der Waals surface area contributed by atoms with E-state index in [1.165, 1.54) is 6.92 Å². The number of carbonyl (C=O) groups excluding carboxylic acids is 2. The molecule has 0 radical (unpaired) electrons. The van der Waals surface area contributed by atoms with Crippen LogP contribution in [0, 0.1) is 0 Å². The molecule has 1 aliphatic heterocycles. The van der Waals surface area contributed by atoms with Crippen LogP contribution in [-0.2, 0) is 9.59 Å². The van der Waals surface area contributed by atoms with Gasteiger partial charge in [-0.05, 0) is 43.2 Å². The third kappa shape index (κ3) is 7.51. The number of hydrogen-bond donors (Lipinski definition) is 3. The van der Waals surface area contributed by atoms with Crippen molar-refractivity contribution in [1.29, 1.82) is 0 Å². The van der Waals surface area contributed by atoms with E-state index in [-0.39, 0.29) is 17.9 Å². The highest BCUT2D eigenvalue weighted by Gasteiger charge is 2.22. The van der Waals surface area contributed by atoms with Gasteiger partial charge < -0.3 is 20.7 Å². The average molecular weight is 489 g/mol. The number of amides is 2. The molecule has 0 aliphatic carbocycles. The van der Waals surface area contributed by atoms with Gasteiger partial charge in [0.1, 0.15) is 17.7 Å². The summed E-state index contributed by atoms with van der Waals surface area (Å²) in [6, 6.07) is 19.2. The minimum atomic E-state index is -0.108. The normalized spacial score (nSPS) is 14.1. The fourth-order valence-corrected chi connectivity index (χ4v) is 4.09. The van der Waals surface area contributed by atoms with Crippen LogP contribution in [0.3, 0.4) is 0 Å². The number of nitrogens with one attached hydrogen (secondary N) is 3. The molecule has 2 aromatic carbocycles. The third-order valence-corrected chi connectivity index (χ3v) is 5.85. The Hall–Kier alpha value is -3.98. The summed E-state index contributed by atoms with van der Waals surface area (Å²) in [6.45, 7) is 4.48. The molecule has 0 spiro atoms. The molecule has 188 valence electrons. The molecular weight excluding hydrogens is 456 g/mol. The molecule has 9 heteroatoms. The van der Waals surface area contributed by atoms with E-state index in [9.17, 15) is 9.59 Å². The summed E-state index contributed by atoms with van der Waals surface area (Å²) in [6.07, 6.45) is 3.57. The fraction of sp³-hybridized carbons (Fsp3) is 0.333. The van der Waals surface area contributed by atoms with Gasteiger partial charge in [0.15, 0.2) is 5.82 Å². The third-order valence-electron chi connectivity index (χ3n) is 5.85. The maximum absolute atomic E-state index is 12.7. The first-order valence-corrected chi connectivity index (χ1v) is 12.2. The van der Waals surface area contributed by atoms with Gasteiger partial charge in [-0.1, -0.05) is 30.3 Å². The van der Waals surface area contributed by atoms with Gasteiger partial charge >= 0.3 is 0 Å². The van der Waals surface area contributed by atoms with Crippen LogP contribution < -0.4 is 20.7 Å². The van der Waals surface area contributed by atoms with Crippen LogP contribution in [0.4, 0.5) is 11.5 Å². The minimum Gasteiger partial charge on any atom is -0.490 e. The summed E-state index contributed by atoms with van der Waals surface area (Å²) in [5.41, 5.74) is 1.67. The fourth-order valence-electron chi connectivity index (χ4n) is 4.09. The van der Waals surface area contributed by atoms with E-state index in [1.54, 1.807) is 12.3 Å². The molecule has 0 saturated carbocycles. The van der Waals surface area contributed by atoms with Gasteiger partial charge in [0, 0.05) is 50.6 Å². The highest BCUT2D eigenvalue weighted by molar-refractivity contribution is 5.91. The average Bonchev–Trinajstić information content (AvgIpc) is 2.89. The zero-order chi connectivity index (χ0) is 25.2. The number of aromatic nitrogens is 2. The Bertz CT molecular complexity index is 1150. The summed E-state index contributed by atoms with van der Waals surface area (Å²) in [5, 5.41) is 8.97. The zero-order valence-electron chi connectivity index (χ0n) is 20.4. The number of carbonyl (C=O) groups is 2. The van der Waals surface area contributed by atoms with Crippen LogP contribution >= 0.6 is 0 Å². The van der Waals surface area contributed by atoms with Crippen molar-refractivity contribution in [2.24, 2.45) is 0 Å². The first kappa shape index (κ1) is 25.1. The number of likely N-dealkylation sites (tertiary alicyclic amines) is 1. The zero-order valence-corrected chi connectivity index (χ0v) is 20.4. The Morgan fingerprint density at radius 3 is 2.53 bits per heavy atom. The van der Waals surface area contributed by atoms with Gasteiger partial charge in [-0.3, -0.25) is 14.5 Å². The molecule has 3 aromatic rings. The Morgan fingerprint density at radius 1 is 1.00 bits per heavy atom. The maximum atomic E-state index is 12.7. The number of ether oxygens (including phenoxy) is 1. The molecular formula is C27H32N6O3. The second-order valence-electron chi connectivity index (χ2n) is 8.68. The highest BCUT2D eigenvalue weighted by atomic mass is 16.5. The monoisotopic (exact) mass is 488 g/mol. The molecule has 2 heterocycles. The maximum Gasteiger partial charge on any atom is 0.239 e. The van der Waals surface area contributed by atoms with Crippen LogP contribution in [0.1, 0.15) is 19.8 Å². The first-order valence-electron chi connectivity index (χ1n) is 12.2. The lowest BCUT2D eigenvalue weighted by Gasteiger charge is -2.31. The van der Waals surface area contributed by atoms with E-state index in [0.717, 1.165) is 42.9 Å². The van der Waals surface area contributed by atoms with E-state index in [4.69, 9.17) is 4.74 Å². The Balaban J connectivity index is 1.29. The van der Waals surface area contributed by atoms with Crippen LogP contribution in [-0.4, -0.2) is 65.5 Å². The molecule has 36 heavy (non-hydrogen) atoms. The van der Waals surface area contributed by atoms with E-state index < -0.39 is 0 Å². The molecule has 0 atom stereocenters. The summed E-state index contributed by atoms with van der Waals surface area (Å²) in [5.74, 6) is 1.68. The lowest BCUT2D eigenvalue weighted by Crippen LogP contribution is -2.42.